The quantitative estimate of drug-likeness (QED) is 0.860. The van der Waals surface area contributed by atoms with Crippen molar-refractivity contribution in [2.24, 2.45) is 11.7 Å². The van der Waals surface area contributed by atoms with Crippen LogP contribution in [0.5, 0.6) is 5.75 Å². The van der Waals surface area contributed by atoms with Gasteiger partial charge >= 0.3 is 0 Å². The monoisotopic (exact) mass is 268 g/mol. The van der Waals surface area contributed by atoms with Crippen molar-refractivity contribution in [3.8, 4) is 5.75 Å². The third kappa shape index (κ3) is 2.76. The highest BCUT2D eigenvalue weighted by atomic mass is 35.5. The molecular formula is C13H17ClN2O2. The maximum absolute atomic E-state index is 12.2. The lowest BCUT2D eigenvalue weighted by atomic mass is 9.96. The first-order chi connectivity index (χ1) is 8.61. The van der Waals surface area contributed by atoms with Crippen LogP contribution < -0.4 is 5.73 Å². The fourth-order valence-electron chi connectivity index (χ4n) is 2.22. The lowest BCUT2D eigenvalue weighted by Gasteiger charge is -2.31. The molecule has 2 rings (SSSR count). The van der Waals surface area contributed by atoms with Crippen molar-refractivity contribution in [3.05, 3.63) is 28.8 Å². The first-order valence-corrected chi connectivity index (χ1v) is 6.47. The van der Waals surface area contributed by atoms with Crippen molar-refractivity contribution in [3.63, 3.8) is 0 Å². The Hall–Kier alpha value is -1.26. The molecule has 1 aromatic carbocycles. The molecular weight excluding hydrogens is 252 g/mol. The summed E-state index contributed by atoms with van der Waals surface area (Å²) in [6.45, 7) is 2.05. The van der Waals surface area contributed by atoms with Gasteiger partial charge in [0.05, 0.1) is 5.56 Å². The Kier molecular flexibility index (Phi) is 4.09. The van der Waals surface area contributed by atoms with Crippen LogP contribution in [0.1, 0.15) is 23.2 Å². The topological polar surface area (TPSA) is 66.6 Å². The molecule has 1 amide bonds. The number of aromatic hydroxyl groups is 1. The highest BCUT2D eigenvalue weighted by molar-refractivity contribution is 6.31. The van der Waals surface area contributed by atoms with Gasteiger partial charge < -0.3 is 15.7 Å². The third-order valence-electron chi connectivity index (χ3n) is 3.42. The average molecular weight is 269 g/mol. The SMILES string of the molecule is NCC1CCN(C(=O)c2cc(Cl)ccc2O)CC1. The fourth-order valence-corrected chi connectivity index (χ4v) is 2.39. The van der Waals surface area contributed by atoms with E-state index in [0.29, 0.717) is 30.6 Å². The molecule has 1 aliphatic heterocycles. The van der Waals surface area contributed by atoms with Gasteiger partial charge in [-0.05, 0) is 43.5 Å². The average Bonchev–Trinajstić information content (AvgIpc) is 2.41. The normalized spacial score (nSPS) is 16.9. The van der Waals surface area contributed by atoms with E-state index in [1.54, 1.807) is 11.0 Å². The second-order valence-corrected chi connectivity index (χ2v) is 5.07. The predicted octanol–water partition coefficient (Wildman–Crippen LogP) is 1.86. The summed E-state index contributed by atoms with van der Waals surface area (Å²) in [4.78, 5) is 14.0. The molecule has 98 valence electrons. The van der Waals surface area contributed by atoms with Crippen LogP contribution in [0.15, 0.2) is 18.2 Å². The summed E-state index contributed by atoms with van der Waals surface area (Å²) in [5.41, 5.74) is 5.89. The maximum Gasteiger partial charge on any atom is 0.257 e. The molecule has 1 fully saturated rings. The van der Waals surface area contributed by atoms with Gasteiger partial charge in [-0.25, -0.2) is 0 Å². The Bertz CT molecular complexity index is 443. The molecule has 0 aliphatic carbocycles. The minimum absolute atomic E-state index is 0.0228. The Morgan fingerprint density at radius 2 is 2.11 bits per heavy atom. The van der Waals surface area contributed by atoms with E-state index in [2.05, 4.69) is 0 Å². The predicted molar refractivity (Wildman–Crippen MR) is 70.8 cm³/mol. The second kappa shape index (κ2) is 5.59. The number of hydrogen-bond donors (Lipinski definition) is 2. The van der Waals surface area contributed by atoms with E-state index in [-0.39, 0.29) is 17.2 Å². The number of benzene rings is 1. The maximum atomic E-state index is 12.2. The summed E-state index contributed by atoms with van der Waals surface area (Å²) in [5.74, 6) is 0.317. The van der Waals surface area contributed by atoms with Crippen LogP contribution in [0.2, 0.25) is 5.02 Å². The van der Waals surface area contributed by atoms with Crippen LogP contribution >= 0.6 is 11.6 Å². The summed E-state index contributed by atoms with van der Waals surface area (Å²) in [6, 6.07) is 4.52. The van der Waals surface area contributed by atoms with Crippen molar-refractivity contribution in [1.29, 1.82) is 0 Å². The minimum Gasteiger partial charge on any atom is -0.507 e. The molecule has 0 unspecified atom stereocenters. The van der Waals surface area contributed by atoms with Crippen LogP contribution in [0.4, 0.5) is 0 Å². The molecule has 1 aromatic rings. The molecule has 0 atom stereocenters. The van der Waals surface area contributed by atoms with Gasteiger partial charge in [-0.3, -0.25) is 4.79 Å². The van der Waals surface area contributed by atoms with Crippen molar-refractivity contribution in [1.82, 2.24) is 4.90 Å². The largest absolute Gasteiger partial charge is 0.507 e. The first kappa shape index (κ1) is 13.2. The number of carbonyl (C=O) groups excluding carboxylic acids is 1. The summed E-state index contributed by atoms with van der Waals surface area (Å²) in [6.07, 6.45) is 1.84. The molecule has 5 heteroatoms. The van der Waals surface area contributed by atoms with Gasteiger partial charge in [-0.2, -0.15) is 0 Å². The van der Waals surface area contributed by atoms with Crippen LogP contribution in [0.25, 0.3) is 0 Å². The summed E-state index contributed by atoms with van der Waals surface area (Å²) >= 11 is 5.85. The van der Waals surface area contributed by atoms with E-state index in [1.807, 2.05) is 0 Å². The van der Waals surface area contributed by atoms with Gasteiger partial charge in [-0.15, -0.1) is 0 Å². The van der Waals surface area contributed by atoms with E-state index in [1.165, 1.54) is 12.1 Å². The molecule has 0 saturated carbocycles. The second-order valence-electron chi connectivity index (χ2n) is 4.63. The Balaban J connectivity index is 2.10. The fraction of sp³-hybridized carbons (Fsp3) is 0.462. The van der Waals surface area contributed by atoms with Crippen molar-refractivity contribution >= 4 is 17.5 Å². The minimum atomic E-state index is -0.162. The number of phenolic OH excluding ortho intramolecular Hbond substituents is 1. The first-order valence-electron chi connectivity index (χ1n) is 6.09. The standard InChI is InChI=1S/C13H17ClN2O2/c14-10-1-2-12(17)11(7-10)13(18)16-5-3-9(8-15)4-6-16/h1-2,7,9,17H,3-6,8,15H2. The van der Waals surface area contributed by atoms with E-state index < -0.39 is 0 Å². The summed E-state index contributed by atoms with van der Waals surface area (Å²) in [7, 11) is 0. The van der Waals surface area contributed by atoms with Crippen LogP contribution in [-0.4, -0.2) is 35.5 Å². The smallest absolute Gasteiger partial charge is 0.257 e. The number of nitrogens with two attached hydrogens (primary N) is 1. The van der Waals surface area contributed by atoms with E-state index in [0.717, 1.165) is 12.8 Å². The van der Waals surface area contributed by atoms with Crippen LogP contribution in [-0.2, 0) is 0 Å². The van der Waals surface area contributed by atoms with E-state index in [4.69, 9.17) is 17.3 Å². The van der Waals surface area contributed by atoms with Crippen molar-refractivity contribution in [2.45, 2.75) is 12.8 Å². The zero-order valence-electron chi connectivity index (χ0n) is 10.1. The summed E-state index contributed by atoms with van der Waals surface area (Å²) < 4.78 is 0. The zero-order valence-corrected chi connectivity index (χ0v) is 10.9. The van der Waals surface area contributed by atoms with Gasteiger partial charge in [0.15, 0.2) is 0 Å². The van der Waals surface area contributed by atoms with Gasteiger partial charge in [0.2, 0.25) is 0 Å². The number of nitrogens with zero attached hydrogens (tertiary/aromatic N) is 1. The summed E-state index contributed by atoms with van der Waals surface area (Å²) in [5, 5.41) is 10.2. The highest BCUT2D eigenvalue weighted by Gasteiger charge is 2.24. The molecule has 4 nitrogen and oxygen atoms in total. The van der Waals surface area contributed by atoms with E-state index in [9.17, 15) is 9.90 Å². The van der Waals surface area contributed by atoms with Crippen LogP contribution in [0.3, 0.4) is 0 Å². The number of rotatable bonds is 2. The Morgan fingerprint density at radius 1 is 1.44 bits per heavy atom. The molecule has 1 saturated heterocycles. The van der Waals surface area contributed by atoms with E-state index >= 15 is 0 Å². The third-order valence-corrected chi connectivity index (χ3v) is 3.66. The molecule has 0 radical (unpaired) electrons. The van der Waals surface area contributed by atoms with Gasteiger partial charge in [0, 0.05) is 18.1 Å². The molecule has 1 heterocycles. The molecule has 1 aliphatic rings. The molecule has 0 bridgehead atoms. The number of halogens is 1. The lowest BCUT2D eigenvalue weighted by molar-refractivity contribution is 0.0690. The number of phenols is 1. The zero-order chi connectivity index (χ0) is 13.1. The highest BCUT2D eigenvalue weighted by Crippen LogP contribution is 2.25. The lowest BCUT2D eigenvalue weighted by Crippen LogP contribution is -2.40. The van der Waals surface area contributed by atoms with Crippen molar-refractivity contribution < 1.29 is 9.90 Å². The number of piperidine rings is 1. The molecule has 18 heavy (non-hydrogen) atoms. The molecule has 0 spiro atoms. The van der Waals surface area contributed by atoms with Gasteiger partial charge in [0.1, 0.15) is 5.75 Å². The number of carbonyl (C=O) groups is 1. The van der Waals surface area contributed by atoms with Gasteiger partial charge in [0.25, 0.3) is 5.91 Å². The molecule has 3 N–H and O–H groups in total. The number of likely N-dealkylation sites (tertiary alicyclic amines) is 1. The van der Waals surface area contributed by atoms with Crippen LogP contribution in [0, 0.1) is 5.92 Å². The Labute approximate surface area is 111 Å². The van der Waals surface area contributed by atoms with Gasteiger partial charge in [-0.1, -0.05) is 11.6 Å². The van der Waals surface area contributed by atoms with Crippen molar-refractivity contribution in [2.75, 3.05) is 19.6 Å². The molecule has 0 aromatic heterocycles. The number of amides is 1. The Morgan fingerprint density at radius 3 is 2.72 bits per heavy atom. The number of hydrogen-bond acceptors (Lipinski definition) is 3.